The van der Waals surface area contributed by atoms with E-state index in [1.807, 2.05) is 0 Å². The number of phenols is 2. The zero-order valence-corrected chi connectivity index (χ0v) is 12.9. The number of fused-ring (bicyclic) bond motifs is 1. The van der Waals surface area contributed by atoms with E-state index in [-0.39, 0.29) is 28.3 Å². The van der Waals surface area contributed by atoms with Crippen LogP contribution in [-0.4, -0.2) is 20.1 Å². The summed E-state index contributed by atoms with van der Waals surface area (Å²) in [6.45, 7) is 0. The summed E-state index contributed by atoms with van der Waals surface area (Å²) >= 11 is 0. The maximum Gasteiger partial charge on any atom is 0.278 e. The van der Waals surface area contributed by atoms with Crippen LogP contribution in [0.5, 0.6) is 11.5 Å². The number of nitrogens with zero attached hydrogens (tertiary/aromatic N) is 4. The van der Waals surface area contributed by atoms with Crippen LogP contribution in [0.25, 0.3) is 10.8 Å². The van der Waals surface area contributed by atoms with Crippen LogP contribution in [0.15, 0.2) is 58.8 Å². The van der Waals surface area contributed by atoms with Gasteiger partial charge in [0.2, 0.25) is 0 Å². The number of aromatic hydroxyl groups is 2. The van der Waals surface area contributed by atoms with E-state index < -0.39 is 21.2 Å². The molecular formula is C16H10N4O6. The summed E-state index contributed by atoms with van der Waals surface area (Å²) in [6.07, 6.45) is 0. The van der Waals surface area contributed by atoms with Crippen molar-refractivity contribution in [1.82, 2.24) is 0 Å². The van der Waals surface area contributed by atoms with Crippen LogP contribution >= 0.6 is 0 Å². The van der Waals surface area contributed by atoms with E-state index in [0.717, 1.165) is 18.2 Å². The highest BCUT2D eigenvalue weighted by atomic mass is 16.6. The first-order valence-corrected chi connectivity index (χ1v) is 7.16. The van der Waals surface area contributed by atoms with Gasteiger partial charge < -0.3 is 10.2 Å². The van der Waals surface area contributed by atoms with Crippen molar-refractivity contribution in [2.75, 3.05) is 0 Å². The summed E-state index contributed by atoms with van der Waals surface area (Å²) in [5.41, 5.74) is -0.780. The Morgan fingerprint density at radius 3 is 2.04 bits per heavy atom. The standard InChI is InChI=1S/C16H10N4O6/c21-14-3-1-2-12-13(4-5-15(22)16(12)14)18-17-9-6-10(19(23)24)8-11(7-9)20(25)26/h1-8,21-22H. The van der Waals surface area contributed by atoms with Gasteiger partial charge in [0, 0.05) is 17.5 Å². The van der Waals surface area contributed by atoms with E-state index in [2.05, 4.69) is 10.2 Å². The third-order valence-corrected chi connectivity index (χ3v) is 3.56. The molecule has 0 aromatic heterocycles. The molecule has 0 unspecified atom stereocenters. The number of hydrogen-bond acceptors (Lipinski definition) is 8. The Morgan fingerprint density at radius 1 is 0.808 bits per heavy atom. The van der Waals surface area contributed by atoms with Gasteiger partial charge in [-0.2, -0.15) is 5.11 Å². The van der Waals surface area contributed by atoms with Crippen molar-refractivity contribution in [3.63, 3.8) is 0 Å². The van der Waals surface area contributed by atoms with Crippen LogP contribution in [-0.2, 0) is 0 Å². The van der Waals surface area contributed by atoms with Crippen molar-refractivity contribution in [2.45, 2.75) is 0 Å². The van der Waals surface area contributed by atoms with Gasteiger partial charge in [0.25, 0.3) is 11.4 Å². The highest BCUT2D eigenvalue weighted by Gasteiger charge is 2.16. The topological polar surface area (TPSA) is 151 Å². The number of nitro benzene ring substituents is 2. The average molecular weight is 354 g/mol. The van der Waals surface area contributed by atoms with Crippen LogP contribution in [0.1, 0.15) is 0 Å². The van der Waals surface area contributed by atoms with Crippen LogP contribution < -0.4 is 0 Å². The minimum Gasteiger partial charge on any atom is -0.507 e. The monoisotopic (exact) mass is 354 g/mol. The lowest BCUT2D eigenvalue weighted by molar-refractivity contribution is -0.394. The van der Waals surface area contributed by atoms with Gasteiger partial charge in [0.05, 0.1) is 32.7 Å². The molecule has 0 saturated heterocycles. The zero-order valence-electron chi connectivity index (χ0n) is 12.9. The second-order valence-electron chi connectivity index (χ2n) is 5.23. The molecule has 2 N–H and O–H groups in total. The summed E-state index contributed by atoms with van der Waals surface area (Å²) in [6, 6.07) is 10.2. The van der Waals surface area contributed by atoms with E-state index in [0.29, 0.717) is 5.39 Å². The second kappa shape index (κ2) is 6.43. The van der Waals surface area contributed by atoms with Gasteiger partial charge in [0.15, 0.2) is 0 Å². The molecule has 0 spiro atoms. The SMILES string of the molecule is O=[N+]([O-])c1cc(N=Nc2ccc(O)c3c(O)cccc23)cc([N+](=O)[O-])c1. The quantitative estimate of drug-likeness (QED) is 0.400. The van der Waals surface area contributed by atoms with Gasteiger partial charge in [0.1, 0.15) is 11.5 Å². The van der Waals surface area contributed by atoms with Crippen LogP contribution in [0.2, 0.25) is 0 Å². The number of hydrogen-bond donors (Lipinski definition) is 2. The molecule has 3 aromatic carbocycles. The fourth-order valence-corrected chi connectivity index (χ4v) is 2.40. The number of nitro groups is 2. The average Bonchev–Trinajstić information content (AvgIpc) is 2.61. The van der Waals surface area contributed by atoms with Gasteiger partial charge in [-0.25, -0.2) is 0 Å². The molecule has 0 amide bonds. The van der Waals surface area contributed by atoms with Crippen LogP contribution in [0.3, 0.4) is 0 Å². The molecule has 0 saturated carbocycles. The van der Waals surface area contributed by atoms with Crippen molar-refractivity contribution in [3.8, 4) is 11.5 Å². The van der Waals surface area contributed by atoms with Gasteiger partial charge >= 0.3 is 0 Å². The number of benzene rings is 3. The molecular weight excluding hydrogens is 344 g/mol. The fourth-order valence-electron chi connectivity index (χ4n) is 2.40. The summed E-state index contributed by atoms with van der Waals surface area (Å²) in [5.74, 6) is -0.300. The van der Waals surface area contributed by atoms with E-state index >= 15 is 0 Å². The predicted octanol–water partition coefficient (Wildman–Crippen LogP) is 4.48. The normalized spacial score (nSPS) is 11.1. The molecule has 26 heavy (non-hydrogen) atoms. The van der Waals surface area contributed by atoms with Crippen LogP contribution in [0.4, 0.5) is 22.7 Å². The Kier molecular flexibility index (Phi) is 4.15. The summed E-state index contributed by atoms with van der Waals surface area (Å²) in [7, 11) is 0. The molecule has 130 valence electrons. The molecule has 0 heterocycles. The molecule has 0 bridgehead atoms. The lowest BCUT2D eigenvalue weighted by Gasteiger charge is -2.05. The van der Waals surface area contributed by atoms with Crippen molar-refractivity contribution in [3.05, 3.63) is 68.8 Å². The smallest absolute Gasteiger partial charge is 0.278 e. The fraction of sp³-hybridized carbons (Fsp3) is 0. The molecule has 0 fully saturated rings. The van der Waals surface area contributed by atoms with Gasteiger partial charge in [-0.1, -0.05) is 12.1 Å². The maximum absolute atomic E-state index is 10.9. The maximum atomic E-state index is 10.9. The van der Waals surface area contributed by atoms with Gasteiger partial charge in [-0.15, -0.1) is 5.11 Å². The number of azo groups is 1. The lowest BCUT2D eigenvalue weighted by atomic mass is 10.1. The second-order valence-corrected chi connectivity index (χ2v) is 5.23. The van der Waals surface area contributed by atoms with Crippen LogP contribution in [0, 0.1) is 20.2 Å². The van der Waals surface area contributed by atoms with Crippen molar-refractivity contribution < 1.29 is 20.1 Å². The molecule has 10 nitrogen and oxygen atoms in total. The van der Waals surface area contributed by atoms with Gasteiger partial charge in [-0.3, -0.25) is 20.2 Å². The third-order valence-electron chi connectivity index (χ3n) is 3.56. The molecule has 3 rings (SSSR count). The zero-order chi connectivity index (χ0) is 18.8. The van der Waals surface area contributed by atoms with Crippen molar-refractivity contribution in [1.29, 1.82) is 0 Å². The minimum absolute atomic E-state index is 0.0766. The number of phenolic OH excluding ortho intramolecular Hbond substituents is 2. The van der Waals surface area contributed by atoms with Gasteiger partial charge in [-0.05, 0) is 18.2 Å². The highest BCUT2D eigenvalue weighted by molar-refractivity contribution is 6.00. The molecule has 3 aromatic rings. The number of rotatable bonds is 4. The Morgan fingerprint density at radius 2 is 1.42 bits per heavy atom. The molecule has 0 aliphatic carbocycles. The third kappa shape index (κ3) is 3.11. The Bertz CT molecular complexity index is 1040. The minimum atomic E-state index is -0.764. The molecule has 0 aliphatic heterocycles. The van der Waals surface area contributed by atoms with E-state index in [9.17, 15) is 30.4 Å². The predicted molar refractivity (Wildman–Crippen MR) is 91.2 cm³/mol. The summed E-state index contributed by atoms with van der Waals surface area (Å²) in [5, 5.41) is 49.9. The molecule has 0 atom stereocenters. The van der Waals surface area contributed by atoms with E-state index in [4.69, 9.17) is 0 Å². The first kappa shape index (κ1) is 16.8. The summed E-state index contributed by atoms with van der Waals surface area (Å²) in [4.78, 5) is 20.3. The first-order valence-electron chi connectivity index (χ1n) is 7.16. The van der Waals surface area contributed by atoms with Crippen molar-refractivity contribution >= 4 is 33.5 Å². The van der Waals surface area contributed by atoms with Crippen molar-refractivity contribution in [2.24, 2.45) is 10.2 Å². The molecule has 10 heteroatoms. The lowest BCUT2D eigenvalue weighted by Crippen LogP contribution is -1.92. The Hall–Kier alpha value is -4.08. The highest BCUT2D eigenvalue weighted by Crippen LogP contribution is 2.38. The van der Waals surface area contributed by atoms with E-state index in [1.165, 1.54) is 18.2 Å². The summed E-state index contributed by atoms with van der Waals surface area (Å²) < 4.78 is 0. The molecule has 0 aliphatic rings. The first-order chi connectivity index (χ1) is 12.4. The van der Waals surface area contributed by atoms with E-state index in [1.54, 1.807) is 12.1 Å². The molecule has 0 radical (unpaired) electrons. The Balaban J connectivity index is 2.10. The Labute approximate surface area is 145 Å². The largest absolute Gasteiger partial charge is 0.507 e. The number of non-ortho nitro benzene ring substituents is 2.